The highest BCUT2D eigenvalue weighted by Crippen LogP contribution is 2.47. The van der Waals surface area contributed by atoms with Crippen LogP contribution >= 0.6 is 0 Å². The van der Waals surface area contributed by atoms with E-state index in [0.29, 0.717) is 24.6 Å². The summed E-state index contributed by atoms with van der Waals surface area (Å²) >= 11 is 0. The van der Waals surface area contributed by atoms with Gasteiger partial charge < -0.3 is 9.67 Å². The zero-order valence-electron chi connectivity index (χ0n) is 21.0. The highest BCUT2D eigenvalue weighted by atomic mass is 32.2. The quantitative estimate of drug-likeness (QED) is 0.399. The molecule has 1 aromatic heterocycles. The lowest BCUT2D eigenvalue weighted by atomic mass is 9.81. The Balaban J connectivity index is 1.74. The summed E-state index contributed by atoms with van der Waals surface area (Å²) in [7, 11) is -1.14. The standard InChI is InChI=1S/C27H32N4O4S/c1-18(32)30-15-16-31-24-17-20(27(33)28-36(34,35)29(2)3)13-14-21(24)25(19-9-5-4-6-10-19)26(31)22-11-7-8-12-23(22)30/h7-8,11-14,17,19H,4-6,9-10,15-16H2,1-3H3,(H,28,33)/p+1. The smallest absolute Gasteiger partial charge is 0.336 e. The lowest BCUT2D eigenvalue weighted by Crippen LogP contribution is -2.39. The number of benzene rings is 2. The molecule has 2 aliphatic rings. The van der Waals surface area contributed by atoms with E-state index < -0.39 is 16.1 Å². The summed E-state index contributed by atoms with van der Waals surface area (Å²) < 4.78 is 31.8. The Labute approximate surface area is 212 Å². The van der Waals surface area contributed by atoms with Crippen molar-refractivity contribution >= 4 is 38.6 Å². The van der Waals surface area contributed by atoms with Crippen molar-refractivity contribution in [2.24, 2.45) is 0 Å². The molecule has 1 saturated carbocycles. The fourth-order valence-corrected chi connectivity index (χ4v) is 6.21. The Hall–Kier alpha value is -3.17. The van der Waals surface area contributed by atoms with Gasteiger partial charge in [-0.05, 0) is 42.5 Å². The van der Waals surface area contributed by atoms with Crippen LogP contribution in [0.25, 0.3) is 22.2 Å². The van der Waals surface area contributed by atoms with Crippen molar-refractivity contribution in [2.45, 2.75) is 51.5 Å². The molecule has 0 unspecified atom stereocenters. The van der Waals surface area contributed by atoms with Gasteiger partial charge in [-0.2, -0.15) is 17.3 Å². The van der Waals surface area contributed by atoms with Gasteiger partial charge >= 0.3 is 16.1 Å². The molecule has 0 radical (unpaired) electrons. The molecule has 2 N–H and O–H groups in total. The molecule has 8 nitrogen and oxygen atoms in total. The first-order valence-corrected chi connectivity index (χ1v) is 13.9. The average Bonchev–Trinajstić information content (AvgIpc) is 3.07. The topological polar surface area (TPSA) is 94.6 Å². The first kappa shape index (κ1) is 24.5. The summed E-state index contributed by atoms with van der Waals surface area (Å²) in [5.74, 6) is -0.00802. The Morgan fingerprint density at radius 1 is 1.11 bits per heavy atom. The number of carbonyl (C=O) groups is 1. The minimum Gasteiger partial charge on any atom is -0.463 e. The number of para-hydroxylation sites is 1. The van der Waals surface area contributed by atoms with Crippen LogP contribution in [0.3, 0.4) is 0 Å². The van der Waals surface area contributed by atoms with Crippen molar-refractivity contribution in [3.63, 3.8) is 0 Å². The van der Waals surface area contributed by atoms with Crippen molar-refractivity contribution in [3.05, 3.63) is 53.6 Å². The van der Waals surface area contributed by atoms with Gasteiger partial charge in [-0.3, -0.25) is 4.79 Å². The van der Waals surface area contributed by atoms with Crippen LogP contribution in [-0.2, 0) is 16.8 Å². The second-order valence-electron chi connectivity index (χ2n) is 9.92. The second kappa shape index (κ2) is 9.37. The molecule has 1 aliphatic heterocycles. The second-order valence-corrected chi connectivity index (χ2v) is 11.8. The number of fused-ring (bicyclic) bond motifs is 5. The Bertz CT molecular complexity index is 1480. The Kier molecular flexibility index (Phi) is 6.38. The molecule has 0 saturated heterocycles. The monoisotopic (exact) mass is 509 g/mol. The molecule has 2 heterocycles. The highest BCUT2D eigenvalue weighted by Gasteiger charge is 2.33. The molecule has 1 amide bonds. The number of nitrogens with one attached hydrogen (secondary N) is 1. The first-order chi connectivity index (χ1) is 17.2. The predicted molar refractivity (Wildman–Crippen MR) is 141 cm³/mol. The highest BCUT2D eigenvalue weighted by molar-refractivity contribution is 7.87. The molecule has 0 atom stereocenters. The molecular weight excluding hydrogens is 476 g/mol. The average molecular weight is 510 g/mol. The van der Waals surface area contributed by atoms with Crippen LogP contribution in [0.2, 0.25) is 0 Å². The maximum absolute atomic E-state index is 12.9. The van der Waals surface area contributed by atoms with Gasteiger partial charge in [0, 0.05) is 36.6 Å². The van der Waals surface area contributed by atoms with Crippen molar-refractivity contribution in [3.8, 4) is 11.3 Å². The number of amides is 1. The maximum atomic E-state index is 12.9. The molecule has 2 aromatic carbocycles. The van der Waals surface area contributed by atoms with Gasteiger partial charge in [0.15, 0.2) is 6.54 Å². The normalized spacial score (nSPS) is 18.0. The van der Waals surface area contributed by atoms with E-state index in [4.69, 9.17) is 0 Å². The summed E-state index contributed by atoms with van der Waals surface area (Å²) in [6.45, 7) is 2.89. The SMILES string of the molecule is CC(O)=[N+]1CCn2c(c(C3CCCCC3)c3ccc(C(=O)NS(=O)(=O)N(C)C)cc32)-c2ccccc21. The fourth-order valence-electron chi connectivity index (χ4n) is 5.68. The zero-order chi connectivity index (χ0) is 25.6. The molecule has 1 fully saturated rings. The van der Waals surface area contributed by atoms with Crippen molar-refractivity contribution in [1.29, 1.82) is 0 Å². The van der Waals surface area contributed by atoms with Crippen molar-refractivity contribution in [1.82, 2.24) is 13.6 Å². The first-order valence-electron chi connectivity index (χ1n) is 12.5. The van der Waals surface area contributed by atoms with E-state index in [1.54, 1.807) is 19.1 Å². The molecular formula is C27H33N4O4S+. The molecule has 36 heavy (non-hydrogen) atoms. The Morgan fingerprint density at radius 3 is 2.53 bits per heavy atom. The maximum Gasteiger partial charge on any atom is 0.336 e. The molecule has 3 aromatic rings. The number of aliphatic hydroxyl groups is 1. The van der Waals surface area contributed by atoms with Crippen LogP contribution in [0.15, 0.2) is 42.5 Å². The van der Waals surface area contributed by atoms with E-state index in [1.807, 2.05) is 28.8 Å². The fraction of sp³-hybridized carbons (Fsp3) is 0.407. The number of nitrogens with zero attached hydrogens (tertiary/aromatic N) is 3. The van der Waals surface area contributed by atoms with Crippen LogP contribution in [0, 0.1) is 0 Å². The van der Waals surface area contributed by atoms with E-state index in [9.17, 15) is 18.3 Å². The third-order valence-corrected chi connectivity index (χ3v) is 8.87. The number of hydrogen-bond donors (Lipinski definition) is 2. The lowest BCUT2D eigenvalue weighted by Gasteiger charge is -2.23. The summed E-state index contributed by atoms with van der Waals surface area (Å²) in [5, 5.41) is 11.6. The minimum atomic E-state index is -3.90. The molecule has 190 valence electrons. The zero-order valence-corrected chi connectivity index (χ0v) is 21.8. The van der Waals surface area contributed by atoms with Crippen LogP contribution in [-0.4, -0.2) is 59.4 Å². The van der Waals surface area contributed by atoms with Gasteiger partial charge in [0.1, 0.15) is 0 Å². The van der Waals surface area contributed by atoms with E-state index in [-0.39, 0.29) is 5.90 Å². The molecule has 1 aliphatic carbocycles. The van der Waals surface area contributed by atoms with Crippen LogP contribution in [0.4, 0.5) is 5.69 Å². The number of rotatable bonds is 4. The largest absolute Gasteiger partial charge is 0.463 e. The van der Waals surface area contributed by atoms with Crippen LogP contribution < -0.4 is 4.72 Å². The third kappa shape index (κ3) is 4.20. The van der Waals surface area contributed by atoms with Crippen LogP contribution in [0.5, 0.6) is 0 Å². The summed E-state index contributed by atoms with van der Waals surface area (Å²) in [5.41, 5.74) is 5.65. The van der Waals surface area contributed by atoms with E-state index >= 15 is 0 Å². The lowest BCUT2D eigenvalue weighted by molar-refractivity contribution is -0.450. The number of hydrogen-bond acceptors (Lipinski definition) is 3. The summed E-state index contributed by atoms with van der Waals surface area (Å²) in [6.07, 6.45) is 5.87. The van der Waals surface area contributed by atoms with E-state index in [0.717, 1.165) is 45.0 Å². The Morgan fingerprint density at radius 2 is 1.83 bits per heavy atom. The minimum absolute atomic E-state index is 0.241. The summed E-state index contributed by atoms with van der Waals surface area (Å²) in [4.78, 5) is 12.9. The molecule has 9 heteroatoms. The number of carbonyl (C=O) groups excluding carboxylic acids is 1. The van der Waals surface area contributed by atoms with E-state index in [1.165, 1.54) is 38.9 Å². The van der Waals surface area contributed by atoms with Gasteiger partial charge in [0.2, 0.25) is 5.69 Å². The number of aromatic nitrogens is 1. The predicted octanol–water partition coefficient (Wildman–Crippen LogP) is 4.53. The van der Waals surface area contributed by atoms with Gasteiger partial charge in [-0.15, -0.1) is 0 Å². The molecule has 5 rings (SSSR count). The van der Waals surface area contributed by atoms with Crippen molar-refractivity contribution in [2.75, 3.05) is 20.6 Å². The molecule has 0 bridgehead atoms. The number of aliphatic hydroxyl groups excluding tert-OH is 1. The molecule has 0 spiro atoms. The van der Waals surface area contributed by atoms with E-state index in [2.05, 4.69) is 15.4 Å². The van der Waals surface area contributed by atoms with Gasteiger partial charge in [-0.25, -0.2) is 4.72 Å². The summed E-state index contributed by atoms with van der Waals surface area (Å²) in [6, 6.07) is 13.6. The van der Waals surface area contributed by atoms with Crippen LogP contribution in [0.1, 0.15) is 60.9 Å². The third-order valence-electron chi connectivity index (χ3n) is 7.47. The van der Waals surface area contributed by atoms with Crippen molar-refractivity contribution < 1.29 is 22.9 Å². The van der Waals surface area contributed by atoms with Gasteiger partial charge in [0.25, 0.3) is 5.91 Å². The van der Waals surface area contributed by atoms with Gasteiger partial charge in [-0.1, -0.05) is 37.5 Å². The van der Waals surface area contributed by atoms with Gasteiger partial charge in [0.05, 0.1) is 24.7 Å².